The van der Waals surface area contributed by atoms with Gasteiger partial charge in [-0.15, -0.1) is 0 Å². The Morgan fingerprint density at radius 2 is 2.18 bits per heavy atom. The maximum absolute atomic E-state index is 11.4. The van der Waals surface area contributed by atoms with Gasteiger partial charge in [0.25, 0.3) is 0 Å². The molecule has 0 radical (unpaired) electrons. The lowest BCUT2D eigenvalue weighted by molar-refractivity contribution is -0.115. The van der Waals surface area contributed by atoms with Crippen molar-refractivity contribution in [2.45, 2.75) is 6.92 Å². The number of nitrogens with one attached hydrogen (secondary N) is 2. The number of hydrogen-bond donors (Lipinski definition) is 2. The lowest BCUT2D eigenvalue weighted by Gasteiger charge is -2.07. The Bertz CT molecular complexity index is 409. The highest BCUT2D eigenvalue weighted by molar-refractivity contribution is 9.10. The monoisotopic (exact) mass is 300 g/mol. The molecule has 2 amide bonds. The Kier molecular flexibility index (Phi) is 5.48. The van der Waals surface area contributed by atoms with Crippen molar-refractivity contribution in [3.63, 3.8) is 0 Å². The maximum atomic E-state index is 11.4. The van der Waals surface area contributed by atoms with Gasteiger partial charge in [0.2, 0.25) is 5.91 Å². The largest absolute Gasteiger partial charge is 0.450 e. The van der Waals surface area contributed by atoms with Crippen LogP contribution in [0.5, 0.6) is 0 Å². The highest BCUT2D eigenvalue weighted by Gasteiger charge is 2.05. The quantitative estimate of drug-likeness (QED) is 0.895. The molecule has 0 aliphatic heterocycles. The van der Waals surface area contributed by atoms with Crippen LogP contribution in [0.25, 0.3) is 0 Å². The van der Waals surface area contributed by atoms with Gasteiger partial charge in [0.1, 0.15) is 6.54 Å². The van der Waals surface area contributed by atoms with E-state index in [4.69, 9.17) is 0 Å². The molecule has 0 spiro atoms. The zero-order valence-electron chi connectivity index (χ0n) is 9.33. The summed E-state index contributed by atoms with van der Waals surface area (Å²) < 4.78 is 5.49. The topological polar surface area (TPSA) is 67.4 Å². The average molecular weight is 301 g/mol. The molecule has 0 aliphatic carbocycles. The van der Waals surface area contributed by atoms with Gasteiger partial charge in [-0.25, -0.2) is 4.79 Å². The smallest absolute Gasteiger partial charge is 0.407 e. The Morgan fingerprint density at radius 3 is 2.82 bits per heavy atom. The second-order valence-electron chi connectivity index (χ2n) is 3.13. The fourth-order valence-electron chi connectivity index (χ4n) is 1.11. The molecule has 0 aliphatic rings. The molecule has 1 aromatic carbocycles. The average Bonchev–Trinajstić information content (AvgIpc) is 2.27. The number of carbonyl (C=O) groups is 2. The fourth-order valence-corrected chi connectivity index (χ4v) is 1.51. The predicted octanol–water partition coefficient (Wildman–Crippen LogP) is 2.13. The minimum absolute atomic E-state index is 0.120. The SMILES string of the molecule is CCOC(=O)NCC(=O)Nc1cccc(Br)c1. The minimum Gasteiger partial charge on any atom is -0.450 e. The van der Waals surface area contributed by atoms with Crippen molar-refractivity contribution in [2.24, 2.45) is 0 Å². The first-order valence-corrected chi connectivity index (χ1v) is 5.87. The number of halogens is 1. The van der Waals surface area contributed by atoms with Crippen molar-refractivity contribution in [1.29, 1.82) is 0 Å². The highest BCUT2D eigenvalue weighted by atomic mass is 79.9. The van der Waals surface area contributed by atoms with Crippen molar-refractivity contribution in [3.05, 3.63) is 28.7 Å². The summed E-state index contributed by atoms with van der Waals surface area (Å²) in [6.45, 7) is 1.85. The second kappa shape index (κ2) is 6.90. The van der Waals surface area contributed by atoms with E-state index in [1.165, 1.54) is 0 Å². The standard InChI is InChI=1S/C11H13BrN2O3/c1-2-17-11(16)13-7-10(15)14-9-5-3-4-8(12)6-9/h3-6H,2,7H2,1H3,(H,13,16)(H,14,15). The van der Waals surface area contributed by atoms with Crippen molar-refractivity contribution in [3.8, 4) is 0 Å². The number of hydrogen-bond acceptors (Lipinski definition) is 3. The van der Waals surface area contributed by atoms with E-state index in [0.717, 1.165) is 4.47 Å². The van der Waals surface area contributed by atoms with Crippen LogP contribution in [0.15, 0.2) is 28.7 Å². The summed E-state index contributed by atoms with van der Waals surface area (Å²) in [5.41, 5.74) is 0.662. The number of alkyl carbamates (subject to hydrolysis) is 1. The van der Waals surface area contributed by atoms with E-state index < -0.39 is 6.09 Å². The Labute approximate surface area is 108 Å². The van der Waals surface area contributed by atoms with E-state index in [1.807, 2.05) is 6.07 Å². The number of benzene rings is 1. The molecule has 5 nitrogen and oxygen atoms in total. The highest BCUT2D eigenvalue weighted by Crippen LogP contribution is 2.15. The molecule has 6 heteroatoms. The van der Waals surface area contributed by atoms with Crippen LogP contribution in [0.2, 0.25) is 0 Å². The molecule has 0 bridgehead atoms. The van der Waals surface area contributed by atoms with E-state index in [-0.39, 0.29) is 19.1 Å². The molecule has 92 valence electrons. The van der Waals surface area contributed by atoms with E-state index in [2.05, 4.69) is 31.3 Å². The van der Waals surface area contributed by atoms with Gasteiger partial charge in [-0.3, -0.25) is 4.79 Å². The van der Waals surface area contributed by atoms with Crippen molar-refractivity contribution in [2.75, 3.05) is 18.5 Å². The van der Waals surface area contributed by atoms with Crippen LogP contribution in [-0.2, 0) is 9.53 Å². The molecule has 17 heavy (non-hydrogen) atoms. The first-order chi connectivity index (χ1) is 8.11. The summed E-state index contributed by atoms with van der Waals surface area (Å²) in [6.07, 6.45) is -0.600. The van der Waals surface area contributed by atoms with Gasteiger partial charge >= 0.3 is 6.09 Å². The molecule has 0 saturated carbocycles. The van der Waals surface area contributed by atoms with Crippen LogP contribution in [0.3, 0.4) is 0 Å². The lowest BCUT2D eigenvalue weighted by Crippen LogP contribution is -2.33. The van der Waals surface area contributed by atoms with Crippen LogP contribution in [0.4, 0.5) is 10.5 Å². The fraction of sp³-hybridized carbons (Fsp3) is 0.273. The van der Waals surface area contributed by atoms with E-state index >= 15 is 0 Å². The third-order valence-electron chi connectivity index (χ3n) is 1.78. The summed E-state index contributed by atoms with van der Waals surface area (Å²) in [7, 11) is 0. The normalized spacial score (nSPS) is 9.53. The van der Waals surface area contributed by atoms with Crippen LogP contribution in [0, 0.1) is 0 Å². The summed E-state index contributed by atoms with van der Waals surface area (Å²) >= 11 is 3.29. The zero-order chi connectivity index (χ0) is 12.7. The molecule has 0 saturated heterocycles. The van der Waals surface area contributed by atoms with Crippen LogP contribution in [-0.4, -0.2) is 25.2 Å². The van der Waals surface area contributed by atoms with E-state index in [1.54, 1.807) is 25.1 Å². The summed E-state index contributed by atoms with van der Waals surface area (Å²) in [4.78, 5) is 22.4. The van der Waals surface area contributed by atoms with Gasteiger partial charge in [-0.1, -0.05) is 22.0 Å². The molecule has 0 aromatic heterocycles. The van der Waals surface area contributed by atoms with Gasteiger partial charge in [0.15, 0.2) is 0 Å². The molecule has 2 N–H and O–H groups in total. The van der Waals surface area contributed by atoms with Gasteiger partial charge in [0, 0.05) is 10.2 Å². The molecule has 1 aromatic rings. The first kappa shape index (κ1) is 13.5. The first-order valence-electron chi connectivity index (χ1n) is 5.08. The predicted molar refractivity (Wildman–Crippen MR) is 67.8 cm³/mol. The van der Waals surface area contributed by atoms with Crippen LogP contribution in [0.1, 0.15) is 6.92 Å². The molecule has 0 heterocycles. The Hall–Kier alpha value is -1.56. The Morgan fingerprint density at radius 1 is 1.41 bits per heavy atom. The number of anilines is 1. The second-order valence-corrected chi connectivity index (χ2v) is 4.05. The van der Waals surface area contributed by atoms with E-state index in [0.29, 0.717) is 5.69 Å². The zero-order valence-corrected chi connectivity index (χ0v) is 10.9. The minimum atomic E-state index is -0.600. The Balaban J connectivity index is 2.37. The number of rotatable bonds is 4. The molecule has 0 atom stereocenters. The van der Waals surface area contributed by atoms with Gasteiger partial charge in [-0.05, 0) is 25.1 Å². The van der Waals surface area contributed by atoms with Crippen molar-refractivity contribution < 1.29 is 14.3 Å². The van der Waals surface area contributed by atoms with E-state index in [9.17, 15) is 9.59 Å². The molecule has 1 rings (SSSR count). The third kappa shape index (κ3) is 5.35. The third-order valence-corrected chi connectivity index (χ3v) is 2.27. The van der Waals surface area contributed by atoms with Gasteiger partial charge in [-0.2, -0.15) is 0 Å². The summed E-state index contributed by atoms with van der Waals surface area (Å²) in [6, 6.07) is 7.18. The number of amides is 2. The van der Waals surface area contributed by atoms with Gasteiger partial charge < -0.3 is 15.4 Å². The van der Waals surface area contributed by atoms with Crippen molar-refractivity contribution in [1.82, 2.24) is 5.32 Å². The lowest BCUT2D eigenvalue weighted by atomic mass is 10.3. The van der Waals surface area contributed by atoms with Crippen LogP contribution >= 0.6 is 15.9 Å². The molecular formula is C11H13BrN2O3. The summed E-state index contributed by atoms with van der Waals surface area (Å²) in [5, 5.41) is 4.97. The summed E-state index contributed by atoms with van der Waals surface area (Å²) in [5.74, 6) is -0.309. The molecule has 0 fully saturated rings. The maximum Gasteiger partial charge on any atom is 0.407 e. The molecule has 0 unspecified atom stereocenters. The van der Waals surface area contributed by atoms with Gasteiger partial charge in [0.05, 0.1) is 6.61 Å². The number of ether oxygens (including phenoxy) is 1. The van der Waals surface area contributed by atoms with Crippen LogP contribution < -0.4 is 10.6 Å². The van der Waals surface area contributed by atoms with Crippen molar-refractivity contribution >= 4 is 33.6 Å². The molecular weight excluding hydrogens is 288 g/mol. The number of carbonyl (C=O) groups excluding carboxylic acids is 2.